The fourth-order valence-electron chi connectivity index (χ4n) is 2.71. The molecule has 116 valence electrons. The standard InChI is InChI=1S/C14H25NO5/c1-13(2,3)20-12(16)15-6-5-14(18-7-8-19-14)9-11(15)10-17-4/h11H,5-10H2,1-4H3. The maximum Gasteiger partial charge on any atom is 0.410 e. The Hall–Kier alpha value is -0.850. The van der Waals surface area contributed by atoms with Gasteiger partial charge in [-0.25, -0.2) is 4.79 Å². The number of rotatable bonds is 2. The number of methoxy groups -OCH3 is 1. The van der Waals surface area contributed by atoms with Crippen molar-refractivity contribution in [2.45, 2.75) is 51.0 Å². The summed E-state index contributed by atoms with van der Waals surface area (Å²) < 4.78 is 22.1. The average molecular weight is 287 g/mol. The van der Waals surface area contributed by atoms with Gasteiger partial charge in [-0.3, -0.25) is 0 Å². The number of ether oxygens (including phenoxy) is 4. The lowest BCUT2D eigenvalue weighted by Gasteiger charge is -2.43. The van der Waals surface area contributed by atoms with Crippen LogP contribution < -0.4 is 0 Å². The molecule has 0 N–H and O–H groups in total. The van der Waals surface area contributed by atoms with Crippen molar-refractivity contribution in [2.75, 3.05) is 33.5 Å². The Morgan fingerprint density at radius 2 is 2.00 bits per heavy atom. The minimum Gasteiger partial charge on any atom is -0.444 e. The first-order valence-electron chi connectivity index (χ1n) is 7.12. The van der Waals surface area contributed by atoms with Crippen LogP contribution in [0.15, 0.2) is 0 Å². The first kappa shape index (κ1) is 15.5. The van der Waals surface area contributed by atoms with Gasteiger partial charge in [0.05, 0.1) is 25.9 Å². The second-order valence-electron chi connectivity index (χ2n) is 6.34. The van der Waals surface area contributed by atoms with Crippen molar-refractivity contribution in [2.24, 2.45) is 0 Å². The summed E-state index contributed by atoms with van der Waals surface area (Å²) >= 11 is 0. The third kappa shape index (κ3) is 3.62. The fourth-order valence-corrected chi connectivity index (χ4v) is 2.71. The number of hydrogen-bond donors (Lipinski definition) is 0. The van der Waals surface area contributed by atoms with Gasteiger partial charge in [-0.2, -0.15) is 0 Å². The van der Waals surface area contributed by atoms with Crippen LogP contribution in [0.3, 0.4) is 0 Å². The first-order valence-corrected chi connectivity index (χ1v) is 7.12. The van der Waals surface area contributed by atoms with E-state index in [1.165, 1.54) is 0 Å². The van der Waals surface area contributed by atoms with Gasteiger partial charge in [-0.1, -0.05) is 0 Å². The van der Waals surface area contributed by atoms with Crippen molar-refractivity contribution < 1.29 is 23.7 Å². The highest BCUT2D eigenvalue weighted by atomic mass is 16.7. The zero-order valence-corrected chi connectivity index (χ0v) is 12.8. The van der Waals surface area contributed by atoms with Gasteiger partial charge in [0.2, 0.25) is 0 Å². The van der Waals surface area contributed by atoms with E-state index in [0.29, 0.717) is 39.2 Å². The van der Waals surface area contributed by atoms with E-state index in [9.17, 15) is 4.79 Å². The SMILES string of the molecule is COCC1CC2(CCN1C(=O)OC(C)(C)C)OCCO2. The predicted molar refractivity (Wildman–Crippen MR) is 72.5 cm³/mol. The van der Waals surface area contributed by atoms with Crippen LogP contribution in [-0.4, -0.2) is 61.9 Å². The molecule has 20 heavy (non-hydrogen) atoms. The predicted octanol–water partition coefficient (Wildman–Crippen LogP) is 1.78. The van der Waals surface area contributed by atoms with E-state index < -0.39 is 11.4 Å². The van der Waals surface area contributed by atoms with Gasteiger partial charge in [0.15, 0.2) is 5.79 Å². The molecule has 2 rings (SSSR count). The van der Waals surface area contributed by atoms with E-state index in [1.54, 1.807) is 12.0 Å². The number of nitrogens with zero attached hydrogens (tertiary/aromatic N) is 1. The van der Waals surface area contributed by atoms with Crippen LogP contribution in [0.2, 0.25) is 0 Å². The Morgan fingerprint density at radius 3 is 2.55 bits per heavy atom. The van der Waals surface area contributed by atoms with Crippen molar-refractivity contribution in [3.05, 3.63) is 0 Å². The van der Waals surface area contributed by atoms with Crippen LogP contribution in [0.5, 0.6) is 0 Å². The topological polar surface area (TPSA) is 57.2 Å². The van der Waals surface area contributed by atoms with Crippen molar-refractivity contribution in [3.63, 3.8) is 0 Å². The average Bonchev–Trinajstić information content (AvgIpc) is 2.75. The maximum absolute atomic E-state index is 12.3. The van der Waals surface area contributed by atoms with Gasteiger partial charge in [0, 0.05) is 26.5 Å². The van der Waals surface area contributed by atoms with Crippen molar-refractivity contribution in [1.29, 1.82) is 0 Å². The van der Waals surface area contributed by atoms with Crippen LogP contribution in [0.25, 0.3) is 0 Å². The Balaban J connectivity index is 2.03. The number of amides is 1. The second kappa shape index (κ2) is 5.87. The first-order chi connectivity index (χ1) is 9.35. The van der Waals surface area contributed by atoms with Crippen molar-refractivity contribution >= 4 is 6.09 Å². The largest absolute Gasteiger partial charge is 0.444 e. The van der Waals surface area contributed by atoms with E-state index in [-0.39, 0.29) is 12.1 Å². The summed E-state index contributed by atoms with van der Waals surface area (Å²) in [4.78, 5) is 14.0. The maximum atomic E-state index is 12.3. The van der Waals surface area contributed by atoms with E-state index in [2.05, 4.69) is 0 Å². The van der Waals surface area contributed by atoms with Gasteiger partial charge in [0.25, 0.3) is 0 Å². The molecular formula is C14H25NO5. The van der Waals surface area contributed by atoms with Crippen LogP contribution in [0, 0.1) is 0 Å². The molecule has 1 unspecified atom stereocenters. The molecule has 0 aromatic carbocycles. The molecule has 0 aromatic rings. The number of piperidine rings is 1. The lowest BCUT2D eigenvalue weighted by Crippen LogP contribution is -2.55. The Kier molecular flexibility index (Phi) is 4.56. The lowest BCUT2D eigenvalue weighted by atomic mass is 9.96. The van der Waals surface area contributed by atoms with Crippen molar-refractivity contribution in [1.82, 2.24) is 4.90 Å². The summed E-state index contributed by atoms with van der Waals surface area (Å²) in [7, 11) is 1.63. The Labute approximate surface area is 120 Å². The van der Waals surface area contributed by atoms with E-state index in [0.717, 1.165) is 0 Å². The summed E-state index contributed by atoms with van der Waals surface area (Å²) in [6.07, 6.45) is 0.999. The molecule has 0 aromatic heterocycles. The summed E-state index contributed by atoms with van der Waals surface area (Å²) in [6, 6.07) is -0.0818. The number of carbonyl (C=O) groups is 1. The number of likely N-dealkylation sites (tertiary alicyclic amines) is 1. The minimum atomic E-state index is -0.540. The molecule has 6 nitrogen and oxygen atoms in total. The van der Waals surface area contributed by atoms with E-state index in [1.807, 2.05) is 20.8 Å². The monoisotopic (exact) mass is 287 g/mol. The van der Waals surface area contributed by atoms with Crippen LogP contribution >= 0.6 is 0 Å². The molecule has 1 spiro atoms. The van der Waals surface area contributed by atoms with Gasteiger partial charge < -0.3 is 23.8 Å². The molecule has 0 saturated carbocycles. The molecule has 2 saturated heterocycles. The highest BCUT2D eigenvalue weighted by Crippen LogP contribution is 2.35. The van der Waals surface area contributed by atoms with Gasteiger partial charge in [-0.15, -0.1) is 0 Å². The molecular weight excluding hydrogens is 262 g/mol. The Bertz CT molecular complexity index is 346. The van der Waals surface area contributed by atoms with Gasteiger partial charge in [0.1, 0.15) is 5.60 Å². The number of hydrogen-bond acceptors (Lipinski definition) is 5. The van der Waals surface area contributed by atoms with Gasteiger partial charge in [-0.05, 0) is 20.8 Å². The normalized spacial score (nSPS) is 26.0. The molecule has 1 amide bonds. The molecule has 0 radical (unpaired) electrons. The summed E-state index contributed by atoms with van der Waals surface area (Å²) in [6.45, 7) is 7.84. The van der Waals surface area contributed by atoms with Crippen LogP contribution in [0.1, 0.15) is 33.6 Å². The minimum absolute atomic E-state index is 0.0818. The highest BCUT2D eigenvalue weighted by molar-refractivity contribution is 5.68. The second-order valence-corrected chi connectivity index (χ2v) is 6.34. The summed E-state index contributed by atoms with van der Waals surface area (Å²) in [5.41, 5.74) is -0.496. The van der Waals surface area contributed by atoms with Gasteiger partial charge >= 0.3 is 6.09 Å². The molecule has 1 atom stereocenters. The Morgan fingerprint density at radius 1 is 1.35 bits per heavy atom. The summed E-state index contributed by atoms with van der Waals surface area (Å²) in [5, 5.41) is 0. The van der Waals surface area contributed by atoms with E-state index >= 15 is 0 Å². The zero-order valence-electron chi connectivity index (χ0n) is 12.8. The molecule has 2 fully saturated rings. The number of carbonyl (C=O) groups excluding carboxylic acids is 1. The molecule has 2 heterocycles. The fraction of sp³-hybridized carbons (Fsp3) is 0.929. The summed E-state index contributed by atoms with van der Waals surface area (Å²) in [5.74, 6) is -0.540. The highest BCUT2D eigenvalue weighted by Gasteiger charge is 2.46. The third-order valence-electron chi connectivity index (χ3n) is 3.52. The van der Waals surface area contributed by atoms with Crippen molar-refractivity contribution in [3.8, 4) is 0 Å². The van der Waals surface area contributed by atoms with Crippen LogP contribution in [-0.2, 0) is 18.9 Å². The lowest BCUT2D eigenvalue weighted by molar-refractivity contribution is -0.197. The molecule has 6 heteroatoms. The molecule has 2 aliphatic rings. The zero-order chi connectivity index (χ0) is 14.8. The van der Waals surface area contributed by atoms with Crippen LogP contribution in [0.4, 0.5) is 4.79 Å². The van der Waals surface area contributed by atoms with E-state index in [4.69, 9.17) is 18.9 Å². The third-order valence-corrected chi connectivity index (χ3v) is 3.52. The smallest absolute Gasteiger partial charge is 0.410 e. The quantitative estimate of drug-likeness (QED) is 0.775. The molecule has 0 bridgehead atoms. The molecule has 0 aliphatic carbocycles. The molecule has 2 aliphatic heterocycles.